The summed E-state index contributed by atoms with van der Waals surface area (Å²) in [6.45, 7) is 2.62. The minimum absolute atomic E-state index is 0.0225. The van der Waals surface area contributed by atoms with E-state index in [1.807, 2.05) is 18.2 Å². The van der Waals surface area contributed by atoms with Gasteiger partial charge in [0, 0.05) is 19.7 Å². The van der Waals surface area contributed by atoms with E-state index < -0.39 is 0 Å². The Kier molecular flexibility index (Phi) is 4.57. The Labute approximate surface area is 123 Å². The van der Waals surface area contributed by atoms with Crippen LogP contribution in [0.2, 0.25) is 0 Å². The van der Waals surface area contributed by atoms with E-state index in [1.54, 1.807) is 0 Å². The second kappa shape index (κ2) is 6.78. The molecular formula is C15H20N2O4. The Morgan fingerprint density at radius 2 is 2.19 bits per heavy atom. The minimum Gasteiger partial charge on any atom is -0.454 e. The molecule has 1 amide bonds. The molecule has 0 saturated carbocycles. The molecule has 2 N–H and O–H groups in total. The number of rotatable bonds is 6. The number of carbonyl (C=O) groups excluding carboxylic acids is 1. The van der Waals surface area contributed by atoms with Gasteiger partial charge in [0.1, 0.15) is 0 Å². The summed E-state index contributed by atoms with van der Waals surface area (Å²) in [5, 5.41) is 6.00. The zero-order valence-corrected chi connectivity index (χ0v) is 11.9. The van der Waals surface area contributed by atoms with Crippen LogP contribution in [0.1, 0.15) is 18.4 Å². The molecule has 0 radical (unpaired) electrons. The smallest absolute Gasteiger partial charge is 0.234 e. The number of hydrogen-bond donors (Lipinski definition) is 2. The molecule has 2 aliphatic rings. The predicted molar refractivity (Wildman–Crippen MR) is 76.3 cm³/mol. The molecule has 0 aromatic heterocycles. The van der Waals surface area contributed by atoms with Crippen LogP contribution in [-0.2, 0) is 16.1 Å². The van der Waals surface area contributed by atoms with Crippen LogP contribution in [0, 0.1) is 0 Å². The Morgan fingerprint density at radius 1 is 1.29 bits per heavy atom. The number of amides is 1. The van der Waals surface area contributed by atoms with Crippen LogP contribution >= 0.6 is 0 Å². The van der Waals surface area contributed by atoms with E-state index in [1.165, 1.54) is 0 Å². The lowest BCUT2D eigenvalue weighted by Crippen LogP contribution is -2.36. The SMILES string of the molecule is O=C(CNC[C@H]1CCCO1)NCc1ccc2c(c1)OCO2. The van der Waals surface area contributed by atoms with E-state index in [0.717, 1.165) is 43.1 Å². The lowest BCUT2D eigenvalue weighted by molar-refractivity contribution is -0.120. The lowest BCUT2D eigenvalue weighted by atomic mass is 10.2. The summed E-state index contributed by atoms with van der Waals surface area (Å²) in [7, 11) is 0. The molecule has 3 rings (SSSR count). The van der Waals surface area contributed by atoms with E-state index in [4.69, 9.17) is 14.2 Å². The molecule has 1 saturated heterocycles. The average Bonchev–Trinajstić information content (AvgIpc) is 3.15. The Balaban J connectivity index is 1.37. The Hall–Kier alpha value is -1.79. The molecule has 0 unspecified atom stereocenters. The van der Waals surface area contributed by atoms with Crippen LogP contribution in [0.15, 0.2) is 18.2 Å². The first-order valence-electron chi connectivity index (χ1n) is 7.29. The maximum Gasteiger partial charge on any atom is 0.234 e. The molecule has 2 heterocycles. The van der Waals surface area contributed by atoms with Crippen LogP contribution in [0.3, 0.4) is 0 Å². The van der Waals surface area contributed by atoms with Crippen LogP contribution in [0.4, 0.5) is 0 Å². The van der Waals surface area contributed by atoms with Gasteiger partial charge < -0.3 is 24.8 Å². The third-order valence-corrected chi connectivity index (χ3v) is 3.61. The molecule has 114 valence electrons. The van der Waals surface area contributed by atoms with Gasteiger partial charge in [-0.15, -0.1) is 0 Å². The second-order valence-corrected chi connectivity index (χ2v) is 5.23. The first-order valence-corrected chi connectivity index (χ1v) is 7.29. The van der Waals surface area contributed by atoms with Crippen molar-refractivity contribution in [1.29, 1.82) is 0 Å². The number of hydrogen-bond acceptors (Lipinski definition) is 5. The summed E-state index contributed by atoms with van der Waals surface area (Å²) < 4.78 is 16.0. The van der Waals surface area contributed by atoms with E-state index in [9.17, 15) is 4.79 Å². The molecule has 6 heteroatoms. The largest absolute Gasteiger partial charge is 0.454 e. The van der Waals surface area contributed by atoms with Gasteiger partial charge in [0.25, 0.3) is 0 Å². The van der Waals surface area contributed by atoms with Crippen molar-refractivity contribution in [2.45, 2.75) is 25.5 Å². The van der Waals surface area contributed by atoms with Crippen LogP contribution in [0.25, 0.3) is 0 Å². The van der Waals surface area contributed by atoms with E-state index >= 15 is 0 Å². The molecule has 1 fully saturated rings. The van der Waals surface area contributed by atoms with E-state index in [0.29, 0.717) is 13.1 Å². The van der Waals surface area contributed by atoms with Crippen molar-refractivity contribution in [1.82, 2.24) is 10.6 Å². The van der Waals surface area contributed by atoms with Crippen molar-refractivity contribution in [3.05, 3.63) is 23.8 Å². The van der Waals surface area contributed by atoms with Crippen molar-refractivity contribution in [3.63, 3.8) is 0 Å². The zero-order chi connectivity index (χ0) is 14.5. The summed E-state index contributed by atoms with van der Waals surface area (Å²) >= 11 is 0. The van der Waals surface area contributed by atoms with Gasteiger partial charge in [0.2, 0.25) is 12.7 Å². The summed E-state index contributed by atoms with van der Waals surface area (Å²) in [5.74, 6) is 1.47. The highest BCUT2D eigenvalue weighted by Crippen LogP contribution is 2.32. The first kappa shape index (κ1) is 14.2. The third-order valence-electron chi connectivity index (χ3n) is 3.61. The fraction of sp³-hybridized carbons (Fsp3) is 0.533. The first-order chi connectivity index (χ1) is 10.3. The molecule has 1 aromatic rings. The lowest BCUT2D eigenvalue weighted by Gasteiger charge is -2.11. The van der Waals surface area contributed by atoms with Crippen LogP contribution in [0.5, 0.6) is 11.5 Å². The quantitative estimate of drug-likeness (QED) is 0.812. The van der Waals surface area contributed by atoms with Gasteiger partial charge in [-0.05, 0) is 30.5 Å². The van der Waals surface area contributed by atoms with E-state index in [-0.39, 0.29) is 18.8 Å². The molecule has 6 nitrogen and oxygen atoms in total. The zero-order valence-electron chi connectivity index (χ0n) is 11.9. The molecule has 0 spiro atoms. The fourth-order valence-corrected chi connectivity index (χ4v) is 2.47. The van der Waals surface area contributed by atoms with Crippen LogP contribution in [-0.4, -0.2) is 38.5 Å². The van der Waals surface area contributed by atoms with Gasteiger partial charge in [0.05, 0.1) is 12.6 Å². The highest BCUT2D eigenvalue weighted by molar-refractivity contribution is 5.78. The molecule has 0 aliphatic carbocycles. The number of nitrogens with one attached hydrogen (secondary N) is 2. The number of benzene rings is 1. The van der Waals surface area contributed by atoms with Crippen molar-refractivity contribution < 1.29 is 19.0 Å². The van der Waals surface area contributed by atoms with Gasteiger partial charge in [-0.1, -0.05) is 6.07 Å². The summed E-state index contributed by atoms with van der Waals surface area (Å²) in [6, 6.07) is 5.68. The molecule has 1 aromatic carbocycles. The highest BCUT2D eigenvalue weighted by atomic mass is 16.7. The molecular weight excluding hydrogens is 272 g/mol. The third kappa shape index (κ3) is 3.86. The summed E-state index contributed by atoms with van der Waals surface area (Å²) in [5.41, 5.74) is 0.992. The standard InChI is InChI=1S/C15H20N2O4/c18-15(9-16-8-12-2-1-5-19-12)17-7-11-3-4-13-14(6-11)21-10-20-13/h3-4,6,12,16H,1-2,5,7-10H2,(H,17,18)/t12-/m1/s1. The Bertz CT molecular complexity index is 500. The van der Waals surface area contributed by atoms with Gasteiger partial charge in [-0.3, -0.25) is 4.79 Å². The van der Waals surface area contributed by atoms with Gasteiger partial charge >= 0.3 is 0 Å². The molecule has 2 aliphatic heterocycles. The maximum atomic E-state index is 11.8. The summed E-state index contributed by atoms with van der Waals surface area (Å²) in [4.78, 5) is 11.8. The van der Waals surface area contributed by atoms with Crippen molar-refractivity contribution in [2.75, 3.05) is 26.5 Å². The molecule has 1 atom stereocenters. The summed E-state index contributed by atoms with van der Waals surface area (Å²) in [6.07, 6.45) is 2.45. The number of carbonyl (C=O) groups is 1. The topological polar surface area (TPSA) is 68.8 Å². The average molecular weight is 292 g/mol. The van der Waals surface area contributed by atoms with Gasteiger partial charge in [-0.2, -0.15) is 0 Å². The van der Waals surface area contributed by atoms with Crippen LogP contribution < -0.4 is 20.1 Å². The predicted octanol–water partition coefficient (Wildman–Crippen LogP) is 0.800. The maximum absolute atomic E-state index is 11.8. The minimum atomic E-state index is -0.0225. The molecule has 21 heavy (non-hydrogen) atoms. The molecule has 0 bridgehead atoms. The van der Waals surface area contributed by atoms with Crippen molar-refractivity contribution in [2.24, 2.45) is 0 Å². The number of ether oxygens (including phenoxy) is 3. The fourth-order valence-electron chi connectivity index (χ4n) is 2.47. The Morgan fingerprint density at radius 3 is 3.05 bits per heavy atom. The monoisotopic (exact) mass is 292 g/mol. The normalized spacial score (nSPS) is 19.7. The number of fused-ring (bicyclic) bond motifs is 1. The van der Waals surface area contributed by atoms with Crippen molar-refractivity contribution >= 4 is 5.91 Å². The van der Waals surface area contributed by atoms with E-state index in [2.05, 4.69) is 10.6 Å². The second-order valence-electron chi connectivity index (χ2n) is 5.23. The highest BCUT2D eigenvalue weighted by Gasteiger charge is 2.15. The van der Waals surface area contributed by atoms with Gasteiger partial charge in [0.15, 0.2) is 11.5 Å². The van der Waals surface area contributed by atoms with Crippen molar-refractivity contribution in [3.8, 4) is 11.5 Å². The van der Waals surface area contributed by atoms with Gasteiger partial charge in [-0.25, -0.2) is 0 Å².